The number of thioether (sulfide) groups is 1. The molecule has 0 unspecified atom stereocenters. The Hall–Kier alpha value is -1.71. The Morgan fingerprint density at radius 2 is 1.97 bits per heavy atom. The van der Waals surface area contributed by atoms with E-state index in [1.54, 1.807) is 31.5 Å². The number of hydrogen-bond donors (Lipinski definition) is 1. The number of hydrogen-bond acceptors (Lipinski definition) is 5. The van der Waals surface area contributed by atoms with Gasteiger partial charge >= 0.3 is 0 Å². The fraction of sp³-hybridized carbons (Fsp3) is 0.167. The Morgan fingerprint density at radius 1 is 1.15 bits per heavy atom. The minimum Gasteiger partial charge on any atom is -0.493 e. The van der Waals surface area contributed by atoms with Gasteiger partial charge in [-0.3, -0.25) is 4.79 Å². The first-order valence-electron chi connectivity index (χ1n) is 9.94. The minimum atomic E-state index is -0.179. The molecular formula is C24H20Br2Cl2N2O3S. The van der Waals surface area contributed by atoms with Crippen LogP contribution in [-0.4, -0.2) is 25.0 Å². The van der Waals surface area contributed by atoms with Crippen molar-refractivity contribution < 1.29 is 14.3 Å². The second kappa shape index (κ2) is 13.4. The van der Waals surface area contributed by atoms with Crippen LogP contribution in [0.4, 0.5) is 0 Å². The molecule has 0 aliphatic heterocycles. The van der Waals surface area contributed by atoms with Crippen LogP contribution in [0.15, 0.2) is 68.6 Å². The number of benzene rings is 3. The summed E-state index contributed by atoms with van der Waals surface area (Å²) < 4.78 is 13.1. The van der Waals surface area contributed by atoms with Crippen molar-refractivity contribution >= 4 is 78.9 Å². The van der Waals surface area contributed by atoms with Crippen LogP contribution in [0.3, 0.4) is 0 Å². The summed E-state index contributed by atoms with van der Waals surface area (Å²) in [6.45, 7) is 0.242. The standard InChI is InChI=1S/C24H20Br2Cl2N2O3S/c1-32-22-9-16(8-20(26)24(22)33-12-17-5-6-19(27)10-21(17)28)11-29-30-23(31)14-34-13-15-3-2-4-18(25)7-15/h2-11H,12-14H2,1H3,(H,30,31)/b29-11-. The summed E-state index contributed by atoms with van der Waals surface area (Å²) in [5.74, 6) is 1.90. The number of nitrogens with one attached hydrogen (secondary N) is 1. The lowest BCUT2D eigenvalue weighted by atomic mass is 10.2. The van der Waals surface area contributed by atoms with Gasteiger partial charge < -0.3 is 9.47 Å². The van der Waals surface area contributed by atoms with Crippen molar-refractivity contribution in [3.63, 3.8) is 0 Å². The number of carbonyl (C=O) groups excluding carboxylic acids is 1. The van der Waals surface area contributed by atoms with Crippen molar-refractivity contribution in [2.45, 2.75) is 12.4 Å². The Kier molecular flexibility index (Phi) is 10.6. The average molecular weight is 647 g/mol. The summed E-state index contributed by atoms with van der Waals surface area (Å²) in [4.78, 5) is 12.1. The molecule has 34 heavy (non-hydrogen) atoms. The van der Waals surface area contributed by atoms with Gasteiger partial charge in [-0.1, -0.05) is 57.3 Å². The molecule has 10 heteroatoms. The fourth-order valence-corrected chi connectivity index (χ4v) is 5.09. The third kappa shape index (κ3) is 8.20. The van der Waals surface area contributed by atoms with Crippen LogP contribution in [-0.2, 0) is 17.2 Å². The van der Waals surface area contributed by atoms with Gasteiger partial charge in [-0.25, -0.2) is 5.43 Å². The number of rotatable bonds is 10. The number of hydrazone groups is 1. The zero-order chi connectivity index (χ0) is 24.5. The largest absolute Gasteiger partial charge is 0.493 e. The molecule has 0 saturated heterocycles. The van der Waals surface area contributed by atoms with Gasteiger partial charge in [-0.15, -0.1) is 11.8 Å². The van der Waals surface area contributed by atoms with Crippen molar-refractivity contribution in [1.29, 1.82) is 0 Å². The molecule has 3 aromatic rings. The fourth-order valence-electron chi connectivity index (χ4n) is 2.84. The Balaban J connectivity index is 1.55. The van der Waals surface area contributed by atoms with Crippen molar-refractivity contribution in [1.82, 2.24) is 5.43 Å². The average Bonchev–Trinajstić information content (AvgIpc) is 2.79. The van der Waals surface area contributed by atoms with Gasteiger partial charge in [0, 0.05) is 25.8 Å². The minimum absolute atomic E-state index is 0.179. The predicted octanol–water partition coefficient (Wildman–Crippen LogP) is 7.49. The molecule has 3 rings (SSSR count). The maximum atomic E-state index is 12.1. The lowest BCUT2D eigenvalue weighted by Crippen LogP contribution is -2.19. The molecule has 0 aliphatic carbocycles. The maximum absolute atomic E-state index is 12.1. The molecule has 0 atom stereocenters. The normalized spacial score (nSPS) is 11.0. The summed E-state index contributed by atoms with van der Waals surface area (Å²) in [6, 6.07) is 16.8. The van der Waals surface area contributed by atoms with Gasteiger partial charge in [0.15, 0.2) is 11.5 Å². The van der Waals surface area contributed by atoms with Crippen molar-refractivity contribution in [3.8, 4) is 11.5 Å². The van der Waals surface area contributed by atoms with Gasteiger partial charge in [-0.2, -0.15) is 5.10 Å². The van der Waals surface area contributed by atoms with E-state index in [9.17, 15) is 4.79 Å². The molecular weight excluding hydrogens is 627 g/mol. The van der Waals surface area contributed by atoms with Crippen LogP contribution in [0.2, 0.25) is 10.0 Å². The van der Waals surface area contributed by atoms with Crippen LogP contribution in [0.25, 0.3) is 0 Å². The molecule has 0 saturated carbocycles. The molecule has 1 N–H and O–H groups in total. The highest BCUT2D eigenvalue weighted by Crippen LogP contribution is 2.37. The first kappa shape index (κ1) is 26.9. The number of carbonyl (C=O) groups is 1. The number of ether oxygens (including phenoxy) is 2. The lowest BCUT2D eigenvalue weighted by molar-refractivity contribution is -0.118. The summed E-state index contributed by atoms with van der Waals surface area (Å²) in [6.07, 6.45) is 1.55. The summed E-state index contributed by atoms with van der Waals surface area (Å²) in [5.41, 5.74) is 5.21. The smallest absolute Gasteiger partial charge is 0.250 e. The second-order valence-corrected chi connectivity index (χ2v) is 10.6. The summed E-state index contributed by atoms with van der Waals surface area (Å²) in [5, 5.41) is 5.13. The molecule has 1 amide bonds. The van der Waals surface area contributed by atoms with Crippen molar-refractivity contribution in [3.05, 3.63) is 90.3 Å². The van der Waals surface area contributed by atoms with E-state index in [4.69, 9.17) is 32.7 Å². The van der Waals surface area contributed by atoms with E-state index < -0.39 is 0 Å². The highest BCUT2D eigenvalue weighted by Gasteiger charge is 2.13. The van der Waals surface area contributed by atoms with Crippen LogP contribution in [0.5, 0.6) is 11.5 Å². The molecule has 0 aromatic heterocycles. The van der Waals surface area contributed by atoms with E-state index in [0.29, 0.717) is 31.8 Å². The molecule has 0 fully saturated rings. The van der Waals surface area contributed by atoms with E-state index >= 15 is 0 Å². The third-order valence-electron chi connectivity index (χ3n) is 4.43. The molecule has 0 radical (unpaired) electrons. The third-order valence-corrected chi connectivity index (χ3v) is 7.11. The molecule has 0 bridgehead atoms. The van der Waals surface area contributed by atoms with E-state index in [0.717, 1.165) is 26.9 Å². The van der Waals surface area contributed by atoms with Crippen LogP contribution < -0.4 is 14.9 Å². The topological polar surface area (TPSA) is 59.9 Å². The van der Waals surface area contributed by atoms with Gasteiger partial charge in [-0.05, 0) is 63.5 Å². The first-order chi connectivity index (χ1) is 16.4. The SMILES string of the molecule is COc1cc(/C=N\NC(=O)CSCc2cccc(Br)c2)cc(Br)c1OCc1ccc(Cl)cc1Cl. The molecule has 178 valence electrons. The van der Waals surface area contributed by atoms with Crippen molar-refractivity contribution in [2.24, 2.45) is 5.10 Å². The monoisotopic (exact) mass is 644 g/mol. The molecule has 0 spiro atoms. The number of methoxy groups -OCH3 is 1. The number of nitrogens with zero attached hydrogens (tertiary/aromatic N) is 1. The zero-order valence-corrected chi connectivity index (χ0v) is 23.5. The highest BCUT2D eigenvalue weighted by atomic mass is 79.9. The Labute approximate surface area is 229 Å². The quantitative estimate of drug-likeness (QED) is 0.183. The first-order valence-corrected chi connectivity index (χ1v) is 13.4. The Morgan fingerprint density at radius 3 is 2.71 bits per heavy atom. The van der Waals surface area contributed by atoms with Gasteiger partial charge in [0.05, 0.1) is 23.5 Å². The highest BCUT2D eigenvalue weighted by molar-refractivity contribution is 9.10. The summed E-state index contributed by atoms with van der Waals surface area (Å²) in [7, 11) is 1.55. The van der Waals surface area contributed by atoms with Crippen LogP contribution in [0.1, 0.15) is 16.7 Å². The van der Waals surface area contributed by atoms with Gasteiger partial charge in [0.2, 0.25) is 5.91 Å². The second-order valence-electron chi connectivity index (χ2n) is 6.97. The van der Waals surface area contributed by atoms with Crippen LogP contribution in [0, 0.1) is 0 Å². The van der Waals surface area contributed by atoms with Gasteiger partial charge in [0.25, 0.3) is 0 Å². The zero-order valence-electron chi connectivity index (χ0n) is 18.0. The Bertz CT molecular complexity index is 1190. The maximum Gasteiger partial charge on any atom is 0.250 e. The summed E-state index contributed by atoms with van der Waals surface area (Å²) >= 11 is 20.6. The molecule has 3 aromatic carbocycles. The molecule has 0 heterocycles. The lowest BCUT2D eigenvalue weighted by Gasteiger charge is -2.14. The molecule has 0 aliphatic rings. The van der Waals surface area contributed by atoms with E-state index in [-0.39, 0.29) is 12.5 Å². The number of halogens is 4. The molecule has 5 nitrogen and oxygen atoms in total. The van der Waals surface area contributed by atoms with E-state index in [1.807, 2.05) is 36.4 Å². The van der Waals surface area contributed by atoms with E-state index in [2.05, 4.69) is 42.4 Å². The van der Waals surface area contributed by atoms with Crippen molar-refractivity contribution in [2.75, 3.05) is 12.9 Å². The van der Waals surface area contributed by atoms with Crippen LogP contribution >= 0.6 is 66.8 Å². The predicted molar refractivity (Wildman–Crippen MR) is 148 cm³/mol. The number of amides is 1. The van der Waals surface area contributed by atoms with E-state index in [1.165, 1.54) is 11.8 Å². The van der Waals surface area contributed by atoms with Gasteiger partial charge in [0.1, 0.15) is 6.61 Å².